The van der Waals surface area contributed by atoms with Crippen molar-refractivity contribution < 1.29 is 4.79 Å². The van der Waals surface area contributed by atoms with Crippen molar-refractivity contribution in [2.24, 2.45) is 19.5 Å². The predicted molar refractivity (Wildman–Crippen MR) is 89.9 cm³/mol. The third kappa shape index (κ3) is 3.81. The average molecular weight is 317 g/mol. The van der Waals surface area contributed by atoms with Crippen LogP contribution in [0.1, 0.15) is 49.3 Å². The Bertz CT molecular complexity index is 705. The summed E-state index contributed by atoms with van der Waals surface area (Å²) in [6, 6.07) is -0.0824. The predicted octanol–water partition coefficient (Wildman–Crippen LogP) is 2.22. The van der Waals surface area contributed by atoms with Gasteiger partial charge in [-0.3, -0.25) is 14.2 Å². The van der Waals surface area contributed by atoms with E-state index >= 15 is 0 Å². The molecule has 2 aromatic heterocycles. The van der Waals surface area contributed by atoms with Crippen LogP contribution in [-0.2, 0) is 25.3 Å². The zero-order chi connectivity index (χ0) is 17.4. The van der Waals surface area contributed by atoms with E-state index in [2.05, 4.69) is 36.3 Å². The highest BCUT2D eigenvalue weighted by Gasteiger charge is 2.29. The lowest BCUT2D eigenvalue weighted by molar-refractivity contribution is -0.122. The van der Waals surface area contributed by atoms with Gasteiger partial charge in [0.15, 0.2) is 0 Å². The highest BCUT2D eigenvalue weighted by atomic mass is 16.1. The number of nitrogens with zero attached hydrogens (tertiary/aromatic N) is 4. The van der Waals surface area contributed by atoms with E-state index in [0.29, 0.717) is 6.42 Å². The Balaban J connectivity index is 2.18. The molecule has 1 N–H and O–H groups in total. The molecule has 2 rings (SSSR count). The lowest BCUT2D eigenvalue weighted by Crippen LogP contribution is -2.37. The molecule has 23 heavy (non-hydrogen) atoms. The second-order valence-corrected chi connectivity index (χ2v) is 7.26. The summed E-state index contributed by atoms with van der Waals surface area (Å²) < 4.78 is 3.58. The highest BCUT2D eigenvalue weighted by Crippen LogP contribution is 2.32. The maximum Gasteiger partial charge on any atom is 0.225 e. The fourth-order valence-corrected chi connectivity index (χ4v) is 2.83. The van der Waals surface area contributed by atoms with Crippen LogP contribution in [0, 0.1) is 19.3 Å². The zero-order valence-corrected chi connectivity index (χ0v) is 15.1. The van der Waals surface area contributed by atoms with Gasteiger partial charge in [-0.25, -0.2) is 0 Å². The summed E-state index contributed by atoms with van der Waals surface area (Å²) in [6.07, 6.45) is 4.12. The molecule has 1 amide bonds. The van der Waals surface area contributed by atoms with Crippen LogP contribution >= 0.6 is 0 Å². The summed E-state index contributed by atoms with van der Waals surface area (Å²) in [6.45, 7) is 10.3. The van der Waals surface area contributed by atoms with Crippen molar-refractivity contribution in [3.8, 4) is 0 Å². The summed E-state index contributed by atoms with van der Waals surface area (Å²) in [5.41, 5.74) is 3.87. The van der Waals surface area contributed by atoms with Gasteiger partial charge in [0.2, 0.25) is 5.91 Å². The summed E-state index contributed by atoms with van der Waals surface area (Å²) in [5, 5.41) is 11.8. The van der Waals surface area contributed by atoms with Crippen molar-refractivity contribution >= 4 is 5.91 Å². The molecule has 0 aliphatic carbocycles. The minimum Gasteiger partial charge on any atom is -0.348 e. The monoisotopic (exact) mass is 317 g/mol. The van der Waals surface area contributed by atoms with Gasteiger partial charge in [-0.15, -0.1) is 0 Å². The summed E-state index contributed by atoms with van der Waals surface area (Å²) in [7, 11) is 3.78. The molecule has 0 bridgehead atoms. The van der Waals surface area contributed by atoms with Crippen LogP contribution in [0.3, 0.4) is 0 Å². The van der Waals surface area contributed by atoms with Crippen molar-refractivity contribution in [2.75, 3.05) is 0 Å². The van der Waals surface area contributed by atoms with Crippen molar-refractivity contribution in [1.29, 1.82) is 0 Å². The molecule has 0 aliphatic heterocycles. The molecule has 126 valence electrons. The van der Waals surface area contributed by atoms with E-state index in [9.17, 15) is 4.79 Å². The molecule has 0 fully saturated rings. The van der Waals surface area contributed by atoms with E-state index in [1.165, 1.54) is 0 Å². The number of hydrogen-bond donors (Lipinski definition) is 1. The number of carbonyl (C=O) groups excluding carboxylic acids is 1. The van der Waals surface area contributed by atoms with Gasteiger partial charge >= 0.3 is 0 Å². The largest absolute Gasteiger partial charge is 0.348 e. The Labute approximate surface area is 137 Å². The minimum atomic E-state index is -0.0995. The normalized spacial score (nSPS) is 13.2. The zero-order valence-electron chi connectivity index (χ0n) is 15.1. The summed E-state index contributed by atoms with van der Waals surface area (Å²) >= 11 is 0. The fourth-order valence-electron chi connectivity index (χ4n) is 2.83. The van der Waals surface area contributed by atoms with Crippen LogP contribution in [0.25, 0.3) is 0 Å². The van der Waals surface area contributed by atoms with E-state index in [1.807, 2.05) is 45.0 Å². The van der Waals surface area contributed by atoms with Crippen LogP contribution < -0.4 is 5.32 Å². The topological polar surface area (TPSA) is 64.7 Å². The van der Waals surface area contributed by atoms with Crippen molar-refractivity contribution in [2.45, 2.75) is 47.1 Å². The van der Waals surface area contributed by atoms with Gasteiger partial charge in [0.1, 0.15) is 0 Å². The minimum absolute atomic E-state index is 0.00739. The summed E-state index contributed by atoms with van der Waals surface area (Å²) in [5.74, 6) is 0.00739. The number of aromatic nitrogens is 4. The van der Waals surface area contributed by atoms with Crippen LogP contribution in [0.5, 0.6) is 0 Å². The van der Waals surface area contributed by atoms with Crippen LogP contribution in [0.4, 0.5) is 0 Å². The molecule has 2 aromatic rings. The number of aryl methyl sites for hydroxylation is 3. The average Bonchev–Trinajstić information content (AvgIpc) is 2.94. The molecule has 1 atom stereocenters. The number of rotatable bonds is 4. The lowest BCUT2D eigenvalue weighted by atomic mass is 9.83. The van der Waals surface area contributed by atoms with Gasteiger partial charge in [-0.05, 0) is 19.3 Å². The Morgan fingerprint density at radius 3 is 2.39 bits per heavy atom. The smallest absolute Gasteiger partial charge is 0.225 e. The highest BCUT2D eigenvalue weighted by molar-refractivity contribution is 5.79. The molecular weight excluding hydrogens is 290 g/mol. The van der Waals surface area contributed by atoms with Crippen LogP contribution in [0.15, 0.2) is 12.4 Å². The first-order valence-corrected chi connectivity index (χ1v) is 7.86. The Morgan fingerprint density at radius 2 is 1.96 bits per heavy atom. The van der Waals surface area contributed by atoms with Crippen molar-refractivity contribution in [1.82, 2.24) is 24.9 Å². The lowest BCUT2D eigenvalue weighted by Gasteiger charge is -2.31. The molecule has 6 nitrogen and oxygen atoms in total. The Kier molecular flexibility index (Phi) is 4.63. The van der Waals surface area contributed by atoms with Crippen LogP contribution in [0.2, 0.25) is 0 Å². The van der Waals surface area contributed by atoms with Gasteiger partial charge in [-0.1, -0.05) is 20.8 Å². The fraction of sp³-hybridized carbons (Fsp3) is 0.588. The molecule has 0 saturated carbocycles. The first-order chi connectivity index (χ1) is 10.6. The molecule has 0 aromatic carbocycles. The molecule has 1 unspecified atom stereocenters. The maximum absolute atomic E-state index is 12.6. The molecule has 2 heterocycles. The van der Waals surface area contributed by atoms with E-state index < -0.39 is 0 Å². The van der Waals surface area contributed by atoms with Crippen molar-refractivity contribution in [3.05, 3.63) is 34.9 Å². The van der Waals surface area contributed by atoms with E-state index in [1.54, 1.807) is 4.68 Å². The SMILES string of the molecule is Cc1nn(C)c(C)c1CC(=O)NC(c1cnn(C)c1)C(C)(C)C. The van der Waals surface area contributed by atoms with Crippen molar-refractivity contribution in [3.63, 3.8) is 0 Å². The van der Waals surface area contributed by atoms with E-state index in [-0.39, 0.29) is 17.4 Å². The Hall–Kier alpha value is -2.11. The number of hydrogen-bond acceptors (Lipinski definition) is 3. The summed E-state index contributed by atoms with van der Waals surface area (Å²) in [4.78, 5) is 12.6. The number of nitrogens with one attached hydrogen (secondary N) is 1. The van der Waals surface area contributed by atoms with Gasteiger partial charge in [0.25, 0.3) is 0 Å². The third-order valence-corrected chi connectivity index (χ3v) is 4.23. The second-order valence-electron chi connectivity index (χ2n) is 7.26. The number of amides is 1. The molecular formula is C17H27N5O. The van der Waals surface area contributed by atoms with E-state index in [0.717, 1.165) is 22.5 Å². The van der Waals surface area contributed by atoms with Gasteiger partial charge in [0, 0.05) is 37.1 Å². The molecule has 0 saturated heterocycles. The second kappa shape index (κ2) is 6.18. The first kappa shape index (κ1) is 17.2. The quantitative estimate of drug-likeness (QED) is 0.940. The number of carbonyl (C=O) groups is 1. The standard InChI is InChI=1S/C17H27N5O/c1-11-14(12(2)22(7)20-11)8-15(23)19-16(17(3,4)5)13-9-18-21(6)10-13/h9-10,16H,8H2,1-7H3,(H,19,23). The Morgan fingerprint density at radius 1 is 1.30 bits per heavy atom. The van der Waals surface area contributed by atoms with Gasteiger partial charge in [0.05, 0.1) is 24.4 Å². The molecule has 0 aliphatic rings. The van der Waals surface area contributed by atoms with Gasteiger partial charge in [-0.2, -0.15) is 10.2 Å². The first-order valence-electron chi connectivity index (χ1n) is 7.86. The van der Waals surface area contributed by atoms with Gasteiger partial charge < -0.3 is 5.32 Å². The molecule has 0 radical (unpaired) electrons. The third-order valence-electron chi connectivity index (χ3n) is 4.23. The molecule has 6 heteroatoms. The molecule has 0 spiro atoms. The van der Waals surface area contributed by atoms with Crippen LogP contribution in [-0.4, -0.2) is 25.5 Å². The van der Waals surface area contributed by atoms with E-state index in [4.69, 9.17) is 0 Å². The maximum atomic E-state index is 12.6.